The van der Waals surface area contributed by atoms with E-state index in [1.165, 1.54) is 30.7 Å². The number of aromatic nitrogens is 1. The predicted octanol–water partition coefficient (Wildman–Crippen LogP) is 4.00. The van der Waals surface area contributed by atoms with Crippen molar-refractivity contribution in [2.75, 3.05) is 25.5 Å². The van der Waals surface area contributed by atoms with Crippen molar-refractivity contribution in [1.82, 2.24) is 14.8 Å². The maximum atomic E-state index is 13.0. The standard InChI is InChI=1S/C25H38N4O2S/c1-8-29(20-11-9-19(10-12-20)27(5)6)25-18(4)22(15-32-25)23(30)26-14-21-16(2)13-17(3)28(7)24(21)31/h13,15,19-20H,8-12,14H2,1-7H3,(H,26,30). The number of rotatable bonds is 7. The molecule has 176 valence electrons. The molecule has 0 spiro atoms. The summed E-state index contributed by atoms with van der Waals surface area (Å²) in [6, 6.07) is 3.19. The van der Waals surface area contributed by atoms with Crippen molar-refractivity contribution in [1.29, 1.82) is 0 Å². The average molecular weight is 459 g/mol. The lowest BCUT2D eigenvalue weighted by Gasteiger charge is -2.39. The number of aryl methyl sites for hydroxylation is 2. The lowest BCUT2D eigenvalue weighted by molar-refractivity contribution is 0.0950. The van der Waals surface area contributed by atoms with Crippen molar-refractivity contribution in [3.8, 4) is 0 Å². The van der Waals surface area contributed by atoms with E-state index in [1.807, 2.05) is 32.2 Å². The molecule has 0 aliphatic heterocycles. The van der Waals surface area contributed by atoms with Crippen molar-refractivity contribution in [2.45, 2.75) is 72.0 Å². The molecule has 0 saturated heterocycles. The zero-order chi connectivity index (χ0) is 23.6. The molecule has 3 rings (SSSR count). The van der Waals surface area contributed by atoms with Crippen LogP contribution in [0, 0.1) is 20.8 Å². The van der Waals surface area contributed by atoms with Crippen LogP contribution in [-0.4, -0.2) is 48.1 Å². The second-order valence-electron chi connectivity index (χ2n) is 9.29. The molecule has 32 heavy (non-hydrogen) atoms. The highest BCUT2D eigenvalue weighted by Gasteiger charge is 2.28. The highest BCUT2D eigenvalue weighted by Crippen LogP contribution is 2.36. The molecule has 1 fully saturated rings. The molecule has 2 aromatic heterocycles. The number of thiophene rings is 1. The number of pyridine rings is 1. The van der Waals surface area contributed by atoms with Gasteiger partial charge in [-0.3, -0.25) is 9.59 Å². The quantitative estimate of drug-likeness (QED) is 0.681. The van der Waals surface area contributed by atoms with E-state index in [4.69, 9.17) is 0 Å². The van der Waals surface area contributed by atoms with Crippen molar-refractivity contribution in [3.63, 3.8) is 0 Å². The van der Waals surface area contributed by atoms with Gasteiger partial charge in [-0.05, 0) is 84.7 Å². The van der Waals surface area contributed by atoms with Crippen molar-refractivity contribution in [2.24, 2.45) is 7.05 Å². The Labute approximate surface area is 196 Å². The number of amides is 1. The summed E-state index contributed by atoms with van der Waals surface area (Å²) in [7, 11) is 6.11. The van der Waals surface area contributed by atoms with Crippen LogP contribution < -0.4 is 15.8 Å². The third kappa shape index (κ3) is 4.94. The third-order valence-electron chi connectivity index (χ3n) is 7.12. The van der Waals surface area contributed by atoms with E-state index in [2.05, 4.69) is 36.1 Å². The molecule has 0 unspecified atom stereocenters. The number of carbonyl (C=O) groups is 1. The Bertz CT molecular complexity index is 1020. The largest absolute Gasteiger partial charge is 0.361 e. The van der Waals surface area contributed by atoms with E-state index in [0.717, 1.165) is 23.4 Å². The number of hydrogen-bond donors (Lipinski definition) is 1. The van der Waals surface area contributed by atoms with Gasteiger partial charge in [0, 0.05) is 48.9 Å². The molecular weight excluding hydrogens is 420 g/mol. The van der Waals surface area contributed by atoms with Gasteiger partial charge < -0.3 is 19.7 Å². The lowest BCUT2D eigenvalue weighted by Crippen LogP contribution is -2.42. The van der Waals surface area contributed by atoms with Crippen LogP contribution >= 0.6 is 11.3 Å². The summed E-state index contributed by atoms with van der Waals surface area (Å²) in [5, 5.41) is 6.15. The Morgan fingerprint density at radius 3 is 2.38 bits per heavy atom. The van der Waals surface area contributed by atoms with Crippen LogP contribution in [0.1, 0.15) is 65.3 Å². The van der Waals surface area contributed by atoms with E-state index in [9.17, 15) is 9.59 Å². The van der Waals surface area contributed by atoms with E-state index in [0.29, 0.717) is 23.2 Å². The summed E-state index contributed by atoms with van der Waals surface area (Å²) in [4.78, 5) is 30.4. The SMILES string of the molecule is CCN(c1scc(C(=O)NCc2c(C)cc(C)n(C)c2=O)c1C)C1CCC(N(C)C)CC1. The van der Waals surface area contributed by atoms with Gasteiger partial charge >= 0.3 is 0 Å². The van der Waals surface area contributed by atoms with Crippen LogP contribution in [0.3, 0.4) is 0 Å². The van der Waals surface area contributed by atoms with Crippen LogP contribution in [0.25, 0.3) is 0 Å². The molecule has 0 bridgehead atoms. The minimum Gasteiger partial charge on any atom is -0.361 e. The Morgan fingerprint density at radius 1 is 1.16 bits per heavy atom. The fourth-order valence-corrected chi connectivity index (χ4v) is 6.09. The number of hydrogen-bond acceptors (Lipinski definition) is 5. The number of anilines is 1. The first-order valence-electron chi connectivity index (χ1n) is 11.6. The second kappa shape index (κ2) is 10.2. The van der Waals surface area contributed by atoms with Gasteiger partial charge in [-0.25, -0.2) is 0 Å². The number of nitrogens with one attached hydrogen (secondary N) is 1. The summed E-state index contributed by atoms with van der Waals surface area (Å²) in [5.41, 5.74) is 4.19. The minimum absolute atomic E-state index is 0.0454. The van der Waals surface area contributed by atoms with Gasteiger partial charge in [0.15, 0.2) is 0 Å². The minimum atomic E-state index is -0.112. The summed E-state index contributed by atoms with van der Waals surface area (Å²) in [6.45, 7) is 9.28. The Kier molecular flexibility index (Phi) is 7.83. The first kappa shape index (κ1) is 24.5. The molecule has 1 amide bonds. The van der Waals surface area contributed by atoms with E-state index in [1.54, 1.807) is 23.0 Å². The molecule has 2 heterocycles. The van der Waals surface area contributed by atoms with Crippen LogP contribution in [0.2, 0.25) is 0 Å². The van der Waals surface area contributed by atoms with Crippen molar-refractivity contribution >= 4 is 22.2 Å². The summed E-state index contributed by atoms with van der Waals surface area (Å²) in [5.74, 6) is -0.112. The Hall–Kier alpha value is -2.12. The molecule has 0 radical (unpaired) electrons. The molecule has 2 aromatic rings. The zero-order valence-electron chi connectivity index (χ0n) is 20.6. The van der Waals surface area contributed by atoms with E-state index < -0.39 is 0 Å². The van der Waals surface area contributed by atoms with Gasteiger partial charge in [-0.15, -0.1) is 11.3 Å². The van der Waals surface area contributed by atoms with Crippen LogP contribution in [0.4, 0.5) is 5.00 Å². The summed E-state index contributed by atoms with van der Waals surface area (Å²) in [6.07, 6.45) is 4.81. The fourth-order valence-electron chi connectivity index (χ4n) is 4.88. The molecular formula is C25H38N4O2S. The Balaban J connectivity index is 1.72. The molecule has 7 heteroatoms. The second-order valence-corrected chi connectivity index (χ2v) is 10.1. The molecule has 1 aliphatic carbocycles. The maximum absolute atomic E-state index is 13.0. The fraction of sp³-hybridized carbons (Fsp3) is 0.600. The normalized spacial score (nSPS) is 18.8. The van der Waals surface area contributed by atoms with E-state index >= 15 is 0 Å². The van der Waals surface area contributed by atoms with Gasteiger partial charge in [0.25, 0.3) is 11.5 Å². The van der Waals surface area contributed by atoms with Crippen LogP contribution in [0.5, 0.6) is 0 Å². The Morgan fingerprint density at radius 2 is 1.78 bits per heavy atom. The van der Waals surface area contributed by atoms with Crippen LogP contribution in [0.15, 0.2) is 16.2 Å². The molecule has 1 N–H and O–H groups in total. The third-order valence-corrected chi connectivity index (χ3v) is 8.23. The number of nitrogens with zero attached hydrogens (tertiary/aromatic N) is 3. The molecule has 1 aliphatic rings. The summed E-state index contributed by atoms with van der Waals surface area (Å²) < 4.78 is 1.63. The lowest BCUT2D eigenvalue weighted by atomic mass is 9.89. The highest BCUT2D eigenvalue weighted by molar-refractivity contribution is 7.14. The van der Waals surface area contributed by atoms with E-state index in [-0.39, 0.29) is 18.0 Å². The summed E-state index contributed by atoms with van der Waals surface area (Å²) >= 11 is 1.66. The highest BCUT2D eigenvalue weighted by atomic mass is 32.1. The maximum Gasteiger partial charge on any atom is 0.255 e. The smallest absolute Gasteiger partial charge is 0.255 e. The van der Waals surface area contributed by atoms with Crippen LogP contribution in [-0.2, 0) is 13.6 Å². The molecule has 6 nitrogen and oxygen atoms in total. The van der Waals surface area contributed by atoms with Gasteiger partial charge in [0.1, 0.15) is 0 Å². The van der Waals surface area contributed by atoms with Gasteiger partial charge in [-0.1, -0.05) is 0 Å². The predicted molar refractivity (Wildman–Crippen MR) is 134 cm³/mol. The van der Waals surface area contributed by atoms with Gasteiger partial charge in [-0.2, -0.15) is 0 Å². The van der Waals surface area contributed by atoms with Crippen molar-refractivity contribution in [3.05, 3.63) is 49.7 Å². The first-order chi connectivity index (χ1) is 15.1. The average Bonchev–Trinajstić information content (AvgIpc) is 3.14. The molecule has 0 aromatic carbocycles. The van der Waals surface area contributed by atoms with Gasteiger partial charge in [0.2, 0.25) is 0 Å². The zero-order valence-corrected chi connectivity index (χ0v) is 21.4. The molecule has 0 atom stereocenters. The number of carbonyl (C=O) groups excluding carboxylic acids is 1. The van der Waals surface area contributed by atoms with Gasteiger partial charge in [0.05, 0.1) is 10.6 Å². The van der Waals surface area contributed by atoms with Crippen molar-refractivity contribution < 1.29 is 4.79 Å². The monoisotopic (exact) mass is 458 g/mol. The molecule has 1 saturated carbocycles. The topological polar surface area (TPSA) is 57.6 Å². The first-order valence-corrected chi connectivity index (χ1v) is 12.5.